The molecule has 0 fully saturated rings. The van der Waals surface area contributed by atoms with Crippen molar-refractivity contribution in [3.05, 3.63) is 22.8 Å². The maximum Gasteiger partial charge on any atom is 0.308 e. The molecule has 0 amide bonds. The molecule has 4 nitrogen and oxygen atoms in total. The number of carbonyl (C=O) groups excluding carboxylic acids is 1. The van der Waals surface area contributed by atoms with Gasteiger partial charge in [0.1, 0.15) is 5.52 Å². The normalized spacial score (nSPS) is 10.4. The average Bonchev–Trinajstić information content (AvgIpc) is 2.50. The summed E-state index contributed by atoms with van der Waals surface area (Å²) in [5.41, 5.74) is 0.725. The van der Waals surface area contributed by atoms with Crippen LogP contribution < -0.4 is 4.74 Å². The van der Waals surface area contributed by atoms with Crippen LogP contribution in [0.25, 0.3) is 10.9 Å². The molecule has 14 heavy (non-hydrogen) atoms. The first-order valence-corrected chi connectivity index (χ1v) is 4.77. The molecule has 2 rings (SSSR count). The van der Waals surface area contributed by atoms with Gasteiger partial charge in [0, 0.05) is 16.8 Å². The first kappa shape index (κ1) is 9.21. The summed E-state index contributed by atoms with van der Waals surface area (Å²) >= 11 is 3.32. The second kappa shape index (κ2) is 3.42. The molecular formula is C9H7BrN2O2. The SMILES string of the molecule is CC(=O)Oc1cc(Br)cc2cn[nH]c12. The third-order valence-electron chi connectivity index (χ3n) is 1.73. The third kappa shape index (κ3) is 1.63. The van der Waals surface area contributed by atoms with E-state index >= 15 is 0 Å². The molecule has 0 bridgehead atoms. The van der Waals surface area contributed by atoms with Gasteiger partial charge in [0.05, 0.1) is 6.20 Å². The Bertz CT molecular complexity index is 493. The lowest BCUT2D eigenvalue weighted by atomic mass is 10.2. The van der Waals surface area contributed by atoms with Gasteiger partial charge in [0.2, 0.25) is 0 Å². The van der Waals surface area contributed by atoms with Gasteiger partial charge >= 0.3 is 5.97 Å². The number of aromatic nitrogens is 2. The third-order valence-corrected chi connectivity index (χ3v) is 2.19. The molecule has 0 saturated carbocycles. The monoisotopic (exact) mass is 254 g/mol. The van der Waals surface area contributed by atoms with E-state index in [4.69, 9.17) is 4.74 Å². The van der Waals surface area contributed by atoms with Crippen molar-refractivity contribution in [1.82, 2.24) is 10.2 Å². The number of fused-ring (bicyclic) bond motifs is 1. The highest BCUT2D eigenvalue weighted by atomic mass is 79.9. The maximum atomic E-state index is 10.8. The van der Waals surface area contributed by atoms with E-state index in [1.54, 1.807) is 12.3 Å². The lowest BCUT2D eigenvalue weighted by Gasteiger charge is -2.02. The number of hydrogen-bond acceptors (Lipinski definition) is 3. The average molecular weight is 255 g/mol. The molecule has 0 aliphatic rings. The fraction of sp³-hybridized carbons (Fsp3) is 0.111. The largest absolute Gasteiger partial charge is 0.424 e. The molecule has 1 N–H and O–H groups in total. The molecule has 0 unspecified atom stereocenters. The van der Waals surface area contributed by atoms with Crippen LogP contribution in [0.3, 0.4) is 0 Å². The highest BCUT2D eigenvalue weighted by Gasteiger charge is 2.07. The van der Waals surface area contributed by atoms with Crippen LogP contribution in [0.5, 0.6) is 5.75 Å². The molecule has 0 saturated heterocycles. The number of hydrogen-bond donors (Lipinski definition) is 1. The Balaban J connectivity index is 2.60. The zero-order valence-corrected chi connectivity index (χ0v) is 8.96. The van der Waals surface area contributed by atoms with Crippen LogP contribution in [0.15, 0.2) is 22.8 Å². The zero-order valence-electron chi connectivity index (χ0n) is 7.37. The minimum Gasteiger partial charge on any atom is -0.424 e. The van der Waals surface area contributed by atoms with Crippen molar-refractivity contribution >= 4 is 32.8 Å². The van der Waals surface area contributed by atoms with Gasteiger partial charge in [-0.2, -0.15) is 5.10 Å². The lowest BCUT2D eigenvalue weighted by Crippen LogP contribution is -2.01. The predicted molar refractivity (Wildman–Crippen MR) is 55.1 cm³/mol. The topological polar surface area (TPSA) is 55.0 Å². The molecule has 0 aliphatic carbocycles. The Morgan fingerprint density at radius 3 is 3.07 bits per heavy atom. The van der Waals surface area contributed by atoms with Crippen molar-refractivity contribution in [2.24, 2.45) is 0 Å². The van der Waals surface area contributed by atoms with Gasteiger partial charge in [-0.25, -0.2) is 0 Å². The second-order valence-corrected chi connectivity index (χ2v) is 3.75. The lowest BCUT2D eigenvalue weighted by molar-refractivity contribution is -0.131. The van der Waals surface area contributed by atoms with Crippen LogP contribution in [-0.2, 0) is 4.79 Å². The van der Waals surface area contributed by atoms with E-state index in [1.807, 2.05) is 6.07 Å². The fourth-order valence-electron chi connectivity index (χ4n) is 1.23. The van der Waals surface area contributed by atoms with E-state index in [0.29, 0.717) is 5.75 Å². The molecule has 0 atom stereocenters. The van der Waals surface area contributed by atoms with Crippen LogP contribution in [-0.4, -0.2) is 16.2 Å². The van der Waals surface area contributed by atoms with Gasteiger partial charge < -0.3 is 4.74 Å². The molecule has 0 radical (unpaired) electrons. The summed E-state index contributed by atoms with van der Waals surface area (Å²) < 4.78 is 5.88. The Morgan fingerprint density at radius 1 is 1.57 bits per heavy atom. The number of aromatic amines is 1. The van der Waals surface area contributed by atoms with Crippen LogP contribution in [0, 0.1) is 0 Å². The maximum absolute atomic E-state index is 10.8. The van der Waals surface area contributed by atoms with Crippen LogP contribution in [0.1, 0.15) is 6.92 Å². The number of benzene rings is 1. The highest BCUT2D eigenvalue weighted by molar-refractivity contribution is 9.10. The fourth-order valence-corrected chi connectivity index (χ4v) is 1.68. The molecule has 1 heterocycles. The number of carbonyl (C=O) groups is 1. The van der Waals surface area contributed by atoms with Crippen molar-refractivity contribution < 1.29 is 9.53 Å². The quantitative estimate of drug-likeness (QED) is 0.628. The second-order valence-electron chi connectivity index (χ2n) is 2.83. The summed E-state index contributed by atoms with van der Waals surface area (Å²) in [6.07, 6.45) is 1.67. The van der Waals surface area contributed by atoms with Gasteiger partial charge in [0.15, 0.2) is 5.75 Å². The van der Waals surface area contributed by atoms with E-state index in [2.05, 4.69) is 26.1 Å². The van der Waals surface area contributed by atoms with Gasteiger partial charge in [-0.15, -0.1) is 0 Å². The Kier molecular flexibility index (Phi) is 2.25. The van der Waals surface area contributed by atoms with Crippen molar-refractivity contribution in [1.29, 1.82) is 0 Å². The van der Waals surface area contributed by atoms with Crippen molar-refractivity contribution in [2.75, 3.05) is 0 Å². The number of halogens is 1. The van der Waals surface area contributed by atoms with Gasteiger partial charge in [-0.3, -0.25) is 9.89 Å². The molecule has 5 heteroatoms. The van der Waals surface area contributed by atoms with Crippen LogP contribution >= 0.6 is 15.9 Å². The minimum atomic E-state index is -0.348. The Morgan fingerprint density at radius 2 is 2.36 bits per heavy atom. The van der Waals surface area contributed by atoms with E-state index in [0.717, 1.165) is 15.4 Å². The standard InChI is InChI=1S/C9H7BrN2O2/c1-5(13)14-8-3-7(10)2-6-4-11-12-9(6)8/h2-4H,1H3,(H,11,12). The van der Waals surface area contributed by atoms with Crippen molar-refractivity contribution in [3.8, 4) is 5.75 Å². The summed E-state index contributed by atoms with van der Waals surface area (Å²) in [4.78, 5) is 10.8. The summed E-state index contributed by atoms with van der Waals surface area (Å²) in [6.45, 7) is 1.36. The van der Waals surface area contributed by atoms with Gasteiger partial charge in [-0.1, -0.05) is 15.9 Å². The van der Waals surface area contributed by atoms with Gasteiger partial charge in [-0.05, 0) is 12.1 Å². The smallest absolute Gasteiger partial charge is 0.308 e. The summed E-state index contributed by atoms with van der Waals surface area (Å²) in [5.74, 6) is 0.137. The van der Waals surface area contributed by atoms with Gasteiger partial charge in [0.25, 0.3) is 0 Å². The number of nitrogens with zero attached hydrogens (tertiary/aromatic N) is 1. The van der Waals surface area contributed by atoms with E-state index < -0.39 is 0 Å². The Labute approximate surface area is 88.4 Å². The van der Waals surface area contributed by atoms with E-state index in [-0.39, 0.29) is 5.97 Å². The predicted octanol–water partition coefficient (Wildman–Crippen LogP) is 2.25. The number of rotatable bonds is 1. The highest BCUT2D eigenvalue weighted by Crippen LogP contribution is 2.28. The molecule has 2 aromatic rings. The number of ether oxygens (including phenoxy) is 1. The molecule has 0 aliphatic heterocycles. The molecular weight excluding hydrogens is 248 g/mol. The summed E-state index contributed by atoms with van der Waals surface area (Å²) in [6, 6.07) is 3.62. The zero-order chi connectivity index (χ0) is 10.1. The minimum absolute atomic E-state index is 0.348. The first-order valence-electron chi connectivity index (χ1n) is 3.98. The Hall–Kier alpha value is -1.36. The number of esters is 1. The molecule has 1 aromatic carbocycles. The van der Waals surface area contributed by atoms with E-state index in [9.17, 15) is 4.79 Å². The first-order chi connectivity index (χ1) is 6.66. The summed E-state index contributed by atoms with van der Waals surface area (Å²) in [5, 5.41) is 7.54. The molecule has 0 spiro atoms. The van der Waals surface area contributed by atoms with Crippen molar-refractivity contribution in [2.45, 2.75) is 6.92 Å². The summed E-state index contributed by atoms with van der Waals surface area (Å²) in [7, 11) is 0. The van der Waals surface area contributed by atoms with Crippen molar-refractivity contribution in [3.63, 3.8) is 0 Å². The number of nitrogens with one attached hydrogen (secondary N) is 1. The molecule has 72 valence electrons. The van der Waals surface area contributed by atoms with Crippen LogP contribution in [0.4, 0.5) is 0 Å². The molecule has 1 aromatic heterocycles. The number of H-pyrrole nitrogens is 1. The van der Waals surface area contributed by atoms with E-state index in [1.165, 1.54) is 6.92 Å². The van der Waals surface area contributed by atoms with Crippen LogP contribution in [0.2, 0.25) is 0 Å².